The number of fused-ring (bicyclic) bond motifs is 1. The van der Waals surface area contributed by atoms with Crippen molar-refractivity contribution in [3.05, 3.63) is 64.7 Å². The van der Waals surface area contributed by atoms with E-state index in [0.717, 1.165) is 43.5 Å². The minimum Gasteiger partial charge on any atom is -0.322 e. The van der Waals surface area contributed by atoms with Gasteiger partial charge in [-0.3, -0.25) is 9.69 Å². The molecular weight excluding hydrogens is 396 g/mol. The Morgan fingerprint density at radius 1 is 1.14 bits per heavy atom. The summed E-state index contributed by atoms with van der Waals surface area (Å²) >= 11 is 0. The molecule has 29 heavy (non-hydrogen) atoms. The summed E-state index contributed by atoms with van der Waals surface area (Å²) in [6, 6.07) is 9.60. The molecule has 1 amide bonds. The van der Waals surface area contributed by atoms with Gasteiger partial charge in [0.15, 0.2) is 0 Å². The third-order valence-corrected chi connectivity index (χ3v) is 5.68. The van der Waals surface area contributed by atoms with Gasteiger partial charge in [-0.25, -0.2) is 8.78 Å². The number of carbonyl (C=O) groups is 1. The van der Waals surface area contributed by atoms with Crippen LogP contribution in [0.15, 0.2) is 36.4 Å². The number of hydrogen-bond donors (Lipinski definition) is 2. The van der Waals surface area contributed by atoms with Crippen LogP contribution >= 0.6 is 12.4 Å². The zero-order valence-electron chi connectivity index (χ0n) is 16.2. The van der Waals surface area contributed by atoms with Crippen molar-refractivity contribution in [2.45, 2.75) is 44.8 Å². The molecule has 1 saturated heterocycles. The molecule has 2 aliphatic heterocycles. The first-order valence-corrected chi connectivity index (χ1v) is 9.92. The van der Waals surface area contributed by atoms with E-state index < -0.39 is 0 Å². The van der Waals surface area contributed by atoms with Crippen molar-refractivity contribution in [3.8, 4) is 0 Å². The number of benzene rings is 2. The van der Waals surface area contributed by atoms with Crippen molar-refractivity contribution in [2.24, 2.45) is 0 Å². The van der Waals surface area contributed by atoms with Gasteiger partial charge in [-0.05, 0) is 67.2 Å². The summed E-state index contributed by atoms with van der Waals surface area (Å²) in [4.78, 5) is 15.1. The molecule has 1 unspecified atom stereocenters. The van der Waals surface area contributed by atoms with Crippen LogP contribution < -0.4 is 10.6 Å². The van der Waals surface area contributed by atoms with Gasteiger partial charge in [0.1, 0.15) is 11.6 Å². The molecule has 1 fully saturated rings. The fourth-order valence-electron chi connectivity index (χ4n) is 4.15. The van der Waals surface area contributed by atoms with Crippen molar-refractivity contribution in [1.82, 2.24) is 10.2 Å². The third kappa shape index (κ3) is 4.94. The second-order valence-corrected chi connectivity index (χ2v) is 7.59. The van der Waals surface area contributed by atoms with Gasteiger partial charge in [0.25, 0.3) is 0 Å². The second-order valence-electron chi connectivity index (χ2n) is 7.59. The number of rotatable bonds is 4. The standard InChI is InChI=1S/C22H25F2N3O.ClH/c23-17-7-4-15(5-8-17)14-27-12-2-1-3-20(27)22(28)26-19-9-6-16-13-25-11-10-18(16)21(19)24;/h4-9,20,25H,1-3,10-14H2,(H,26,28);1H. The second kappa shape index (κ2) is 9.65. The maximum Gasteiger partial charge on any atom is 0.241 e. The Hall–Kier alpha value is -2.02. The molecule has 156 valence electrons. The average molecular weight is 422 g/mol. The van der Waals surface area contributed by atoms with E-state index in [1.165, 1.54) is 12.1 Å². The maximum atomic E-state index is 14.9. The van der Waals surface area contributed by atoms with Crippen LogP contribution in [0.3, 0.4) is 0 Å². The summed E-state index contributed by atoms with van der Waals surface area (Å²) in [7, 11) is 0. The van der Waals surface area contributed by atoms with E-state index >= 15 is 0 Å². The SMILES string of the molecule is Cl.O=C(Nc1ccc2c(c1F)CCNC2)C1CCCCN1Cc1ccc(F)cc1. The Bertz CT molecular complexity index is 860. The summed E-state index contributed by atoms with van der Waals surface area (Å²) < 4.78 is 28.0. The van der Waals surface area contributed by atoms with Gasteiger partial charge in [-0.2, -0.15) is 0 Å². The van der Waals surface area contributed by atoms with Crippen LogP contribution in [0, 0.1) is 11.6 Å². The summed E-state index contributed by atoms with van der Waals surface area (Å²) in [5.74, 6) is -0.752. The molecule has 2 aromatic rings. The van der Waals surface area contributed by atoms with E-state index in [-0.39, 0.29) is 41.7 Å². The molecule has 4 rings (SSSR count). The molecule has 4 nitrogen and oxygen atoms in total. The van der Waals surface area contributed by atoms with E-state index in [9.17, 15) is 13.6 Å². The van der Waals surface area contributed by atoms with Crippen LogP contribution in [0.1, 0.15) is 36.0 Å². The monoisotopic (exact) mass is 421 g/mol. The molecule has 0 spiro atoms. The molecule has 2 aliphatic rings. The first-order valence-electron chi connectivity index (χ1n) is 9.92. The fraction of sp³-hybridized carbons (Fsp3) is 0.409. The van der Waals surface area contributed by atoms with Gasteiger partial charge in [-0.15, -0.1) is 12.4 Å². The molecule has 0 radical (unpaired) electrons. The van der Waals surface area contributed by atoms with Crippen LogP contribution in [0.2, 0.25) is 0 Å². The van der Waals surface area contributed by atoms with Crippen molar-refractivity contribution in [1.29, 1.82) is 0 Å². The molecule has 2 N–H and O–H groups in total. The summed E-state index contributed by atoms with van der Waals surface area (Å²) in [5, 5.41) is 6.05. The molecule has 2 heterocycles. The highest BCUT2D eigenvalue weighted by Gasteiger charge is 2.29. The molecule has 2 aromatic carbocycles. The molecular formula is C22H26ClF2N3O. The minimum absolute atomic E-state index is 0. The number of likely N-dealkylation sites (tertiary alicyclic amines) is 1. The maximum absolute atomic E-state index is 14.9. The lowest BCUT2D eigenvalue weighted by Crippen LogP contribution is -2.46. The van der Waals surface area contributed by atoms with Crippen molar-refractivity contribution in [2.75, 3.05) is 18.4 Å². The normalized spacial score (nSPS) is 19.2. The zero-order valence-corrected chi connectivity index (χ0v) is 17.0. The summed E-state index contributed by atoms with van der Waals surface area (Å²) in [6.45, 7) is 2.79. The van der Waals surface area contributed by atoms with E-state index in [4.69, 9.17) is 0 Å². The van der Waals surface area contributed by atoms with Gasteiger partial charge in [0.2, 0.25) is 5.91 Å². The van der Waals surface area contributed by atoms with Gasteiger partial charge in [-0.1, -0.05) is 24.6 Å². The highest BCUT2D eigenvalue weighted by molar-refractivity contribution is 5.95. The van der Waals surface area contributed by atoms with Gasteiger partial charge >= 0.3 is 0 Å². The van der Waals surface area contributed by atoms with Crippen LogP contribution in [0.4, 0.5) is 14.5 Å². The van der Waals surface area contributed by atoms with Crippen LogP contribution in [0.5, 0.6) is 0 Å². The highest BCUT2D eigenvalue weighted by Crippen LogP contribution is 2.26. The van der Waals surface area contributed by atoms with E-state index in [1.807, 2.05) is 6.07 Å². The molecule has 7 heteroatoms. The van der Waals surface area contributed by atoms with Gasteiger partial charge in [0.05, 0.1) is 11.7 Å². The Morgan fingerprint density at radius 2 is 1.93 bits per heavy atom. The quantitative estimate of drug-likeness (QED) is 0.783. The fourth-order valence-corrected chi connectivity index (χ4v) is 4.15. The smallest absolute Gasteiger partial charge is 0.241 e. The third-order valence-electron chi connectivity index (χ3n) is 5.68. The number of halogens is 3. The lowest BCUT2D eigenvalue weighted by Gasteiger charge is -2.34. The van der Waals surface area contributed by atoms with Crippen LogP contribution in [0.25, 0.3) is 0 Å². The Balaban J connectivity index is 0.00000240. The zero-order chi connectivity index (χ0) is 19.5. The lowest BCUT2D eigenvalue weighted by atomic mass is 9.98. The summed E-state index contributed by atoms with van der Waals surface area (Å²) in [6.07, 6.45) is 3.36. The molecule has 1 atom stereocenters. The summed E-state index contributed by atoms with van der Waals surface area (Å²) in [5.41, 5.74) is 2.88. The molecule has 0 aromatic heterocycles. The van der Waals surface area contributed by atoms with Crippen LogP contribution in [-0.2, 0) is 24.3 Å². The Kier molecular flexibility index (Phi) is 7.22. The minimum atomic E-state index is -0.312. The molecule has 0 saturated carbocycles. The number of nitrogens with zero attached hydrogens (tertiary/aromatic N) is 1. The number of carbonyl (C=O) groups excluding carboxylic acids is 1. The topological polar surface area (TPSA) is 44.4 Å². The Morgan fingerprint density at radius 3 is 2.72 bits per heavy atom. The number of amides is 1. The highest BCUT2D eigenvalue weighted by atomic mass is 35.5. The largest absolute Gasteiger partial charge is 0.322 e. The molecule has 0 bridgehead atoms. The number of piperidine rings is 1. The molecule has 0 aliphatic carbocycles. The van der Waals surface area contributed by atoms with Gasteiger partial charge < -0.3 is 10.6 Å². The predicted molar refractivity (Wildman–Crippen MR) is 112 cm³/mol. The Labute approximate surface area is 176 Å². The predicted octanol–water partition coefficient (Wildman–Crippen LogP) is 4.03. The van der Waals surface area contributed by atoms with E-state index in [0.29, 0.717) is 25.1 Å². The van der Waals surface area contributed by atoms with Crippen molar-refractivity contribution >= 4 is 24.0 Å². The van der Waals surface area contributed by atoms with Crippen molar-refractivity contribution in [3.63, 3.8) is 0 Å². The first-order chi connectivity index (χ1) is 13.6. The number of anilines is 1. The van der Waals surface area contributed by atoms with E-state index in [1.54, 1.807) is 18.2 Å². The lowest BCUT2D eigenvalue weighted by molar-refractivity contribution is -0.122. The van der Waals surface area contributed by atoms with Crippen LogP contribution in [-0.4, -0.2) is 29.9 Å². The van der Waals surface area contributed by atoms with E-state index in [2.05, 4.69) is 15.5 Å². The first kappa shape index (κ1) is 21.7. The van der Waals surface area contributed by atoms with Crippen molar-refractivity contribution < 1.29 is 13.6 Å². The van der Waals surface area contributed by atoms with Gasteiger partial charge in [0, 0.05) is 13.1 Å². The number of nitrogens with one attached hydrogen (secondary N) is 2. The number of hydrogen-bond acceptors (Lipinski definition) is 3. The average Bonchev–Trinajstić information content (AvgIpc) is 2.72.